The zero-order valence-corrected chi connectivity index (χ0v) is 13.9. The number of esters is 1. The Labute approximate surface area is 133 Å². The Hall–Kier alpha value is -1.30. The van der Waals surface area contributed by atoms with E-state index in [2.05, 4.69) is 19.9 Å². The van der Waals surface area contributed by atoms with Crippen molar-refractivity contribution in [1.82, 2.24) is 10.2 Å². The summed E-state index contributed by atoms with van der Waals surface area (Å²) in [5, 5.41) is 3.44. The summed E-state index contributed by atoms with van der Waals surface area (Å²) in [5.74, 6) is 0.877. The van der Waals surface area contributed by atoms with Crippen LogP contribution in [0.5, 0.6) is 0 Å². The number of carbonyl (C=O) groups excluding carboxylic acids is 1. The fourth-order valence-corrected chi connectivity index (χ4v) is 3.29. The first kappa shape index (κ1) is 17.1. The molecule has 22 heavy (non-hydrogen) atoms. The van der Waals surface area contributed by atoms with Gasteiger partial charge in [-0.15, -0.1) is 0 Å². The Bertz CT molecular complexity index is 392. The van der Waals surface area contributed by atoms with Crippen molar-refractivity contribution in [3.63, 3.8) is 0 Å². The van der Waals surface area contributed by atoms with Crippen molar-refractivity contribution >= 4 is 11.9 Å². The Morgan fingerprint density at radius 1 is 1.36 bits per heavy atom. The standard InChI is InChI=1S/C16H29N3O3/c1-17-15(18-9-5-3-4-6-14(20)21-2)19-10-7-16(12-19)8-11-22-13-16/h3-13H2,1-2H3,(H,17,18). The summed E-state index contributed by atoms with van der Waals surface area (Å²) in [6, 6.07) is 0. The summed E-state index contributed by atoms with van der Waals surface area (Å²) in [7, 11) is 3.28. The summed E-state index contributed by atoms with van der Waals surface area (Å²) in [5.41, 5.74) is 0.359. The molecule has 0 aliphatic carbocycles. The van der Waals surface area contributed by atoms with E-state index in [4.69, 9.17) is 4.74 Å². The van der Waals surface area contributed by atoms with Crippen LogP contribution < -0.4 is 5.32 Å². The number of likely N-dealkylation sites (tertiary alicyclic amines) is 1. The molecule has 2 saturated heterocycles. The first-order valence-corrected chi connectivity index (χ1v) is 8.29. The average Bonchev–Trinajstić information content (AvgIpc) is 3.17. The van der Waals surface area contributed by atoms with E-state index in [1.807, 2.05) is 7.05 Å². The number of hydrogen-bond donors (Lipinski definition) is 1. The molecule has 0 amide bonds. The maximum atomic E-state index is 11.0. The van der Waals surface area contributed by atoms with Gasteiger partial charge < -0.3 is 19.7 Å². The van der Waals surface area contributed by atoms with Gasteiger partial charge in [0.25, 0.3) is 0 Å². The van der Waals surface area contributed by atoms with Crippen molar-refractivity contribution in [3.05, 3.63) is 0 Å². The van der Waals surface area contributed by atoms with Crippen molar-refractivity contribution in [1.29, 1.82) is 0 Å². The van der Waals surface area contributed by atoms with Gasteiger partial charge in [-0.2, -0.15) is 0 Å². The minimum Gasteiger partial charge on any atom is -0.469 e. The lowest BCUT2D eigenvalue weighted by Crippen LogP contribution is -2.41. The predicted molar refractivity (Wildman–Crippen MR) is 85.9 cm³/mol. The van der Waals surface area contributed by atoms with E-state index < -0.39 is 0 Å². The molecular weight excluding hydrogens is 282 g/mol. The molecule has 2 heterocycles. The number of rotatable bonds is 6. The summed E-state index contributed by atoms with van der Waals surface area (Å²) in [6.45, 7) is 4.81. The normalized spacial score (nSPS) is 25.0. The zero-order valence-electron chi connectivity index (χ0n) is 13.9. The van der Waals surface area contributed by atoms with Crippen LogP contribution >= 0.6 is 0 Å². The first-order chi connectivity index (χ1) is 10.7. The molecule has 2 aliphatic heterocycles. The highest BCUT2D eigenvalue weighted by Gasteiger charge is 2.42. The van der Waals surface area contributed by atoms with Crippen LogP contribution in [0, 0.1) is 5.41 Å². The molecule has 0 radical (unpaired) electrons. The molecule has 1 spiro atoms. The fraction of sp³-hybridized carbons (Fsp3) is 0.875. The third-order valence-electron chi connectivity index (χ3n) is 4.70. The highest BCUT2D eigenvalue weighted by atomic mass is 16.5. The van der Waals surface area contributed by atoms with E-state index in [9.17, 15) is 4.79 Å². The zero-order chi connectivity index (χ0) is 15.8. The average molecular weight is 311 g/mol. The molecule has 0 aromatic heterocycles. The molecule has 1 atom stereocenters. The number of aliphatic imine (C=N–C) groups is 1. The number of unbranched alkanes of at least 4 members (excludes halogenated alkanes) is 2. The van der Waals surface area contributed by atoms with Gasteiger partial charge in [0.1, 0.15) is 0 Å². The van der Waals surface area contributed by atoms with Gasteiger partial charge in [0.15, 0.2) is 5.96 Å². The SMILES string of the molecule is CN=C(NCCCCCC(=O)OC)N1CCC2(CCOC2)C1. The Morgan fingerprint density at radius 3 is 2.91 bits per heavy atom. The lowest BCUT2D eigenvalue weighted by atomic mass is 9.87. The van der Waals surface area contributed by atoms with Crippen LogP contribution in [0.3, 0.4) is 0 Å². The molecule has 126 valence electrons. The van der Waals surface area contributed by atoms with Crippen LogP contribution in [0.2, 0.25) is 0 Å². The molecule has 0 bridgehead atoms. The number of nitrogens with one attached hydrogen (secondary N) is 1. The van der Waals surface area contributed by atoms with Crippen molar-refractivity contribution in [2.45, 2.75) is 38.5 Å². The monoisotopic (exact) mass is 311 g/mol. The minimum absolute atomic E-state index is 0.120. The summed E-state index contributed by atoms with van der Waals surface area (Å²) >= 11 is 0. The van der Waals surface area contributed by atoms with Gasteiger partial charge in [0.2, 0.25) is 0 Å². The van der Waals surface area contributed by atoms with Gasteiger partial charge in [-0.1, -0.05) is 6.42 Å². The van der Waals surface area contributed by atoms with Crippen LogP contribution in [-0.2, 0) is 14.3 Å². The van der Waals surface area contributed by atoms with Crippen molar-refractivity contribution in [2.24, 2.45) is 10.4 Å². The number of carbonyl (C=O) groups is 1. The molecule has 6 nitrogen and oxygen atoms in total. The molecule has 0 aromatic carbocycles. The topological polar surface area (TPSA) is 63.2 Å². The first-order valence-electron chi connectivity index (χ1n) is 8.29. The van der Waals surface area contributed by atoms with Crippen LogP contribution in [-0.4, -0.2) is 63.8 Å². The van der Waals surface area contributed by atoms with E-state index in [0.717, 1.165) is 58.1 Å². The molecular formula is C16H29N3O3. The Morgan fingerprint density at radius 2 is 2.23 bits per heavy atom. The van der Waals surface area contributed by atoms with E-state index in [0.29, 0.717) is 11.8 Å². The maximum absolute atomic E-state index is 11.0. The largest absolute Gasteiger partial charge is 0.469 e. The molecule has 1 N–H and O–H groups in total. The van der Waals surface area contributed by atoms with Gasteiger partial charge >= 0.3 is 5.97 Å². The summed E-state index contributed by atoms with van der Waals surface area (Å²) < 4.78 is 10.2. The molecule has 0 saturated carbocycles. The molecule has 0 aromatic rings. The number of methoxy groups -OCH3 is 1. The maximum Gasteiger partial charge on any atom is 0.305 e. The van der Waals surface area contributed by atoms with Crippen molar-refractivity contribution in [3.8, 4) is 0 Å². The van der Waals surface area contributed by atoms with E-state index >= 15 is 0 Å². The van der Waals surface area contributed by atoms with E-state index in [-0.39, 0.29) is 5.97 Å². The highest BCUT2D eigenvalue weighted by Crippen LogP contribution is 2.38. The quantitative estimate of drug-likeness (QED) is 0.348. The summed E-state index contributed by atoms with van der Waals surface area (Å²) in [6.07, 6.45) is 5.84. The van der Waals surface area contributed by atoms with Crippen LogP contribution in [0.1, 0.15) is 38.5 Å². The lowest BCUT2D eigenvalue weighted by Gasteiger charge is -2.24. The second kappa shape index (κ2) is 8.36. The minimum atomic E-state index is -0.120. The number of hydrogen-bond acceptors (Lipinski definition) is 4. The summed E-state index contributed by atoms with van der Waals surface area (Å²) in [4.78, 5) is 17.8. The van der Waals surface area contributed by atoms with Crippen LogP contribution in [0.4, 0.5) is 0 Å². The van der Waals surface area contributed by atoms with Gasteiger partial charge in [0, 0.05) is 45.1 Å². The van der Waals surface area contributed by atoms with Gasteiger partial charge in [-0.25, -0.2) is 0 Å². The van der Waals surface area contributed by atoms with Crippen LogP contribution in [0.15, 0.2) is 4.99 Å². The highest BCUT2D eigenvalue weighted by molar-refractivity contribution is 5.80. The molecule has 6 heteroatoms. The Kier molecular flexibility index (Phi) is 6.49. The smallest absolute Gasteiger partial charge is 0.305 e. The predicted octanol–water partition coefficient (Wildman–Crippen LogP) is 1.41. The van der Waals surface area contributed by atoms with E-state index in [1.54, 1.807) is 0 Å². The lowest BCUT2D eigenvalue weighted by molar-refractivity contribution is -0.140. The fourth-order valence-electron chi connectivity index (χ4n) is 3.29. The Balaban J connectivity index is 1.63. The van der Waals surface area contributed by atoms with Crippen LogP contribution in [0.25, 0.3) is 0 Å². The van der Waals surface area contributed by atoms with Gasteiger partial charge in [-0.05, 0) is 25.7 Å². The van der Waals surface area contributed by atoms with Gasteiger partial charge in [-0.3, -0.25) is 9.79 Å². The third kappa shape index (κ3) is 4.60. The number of ether oxygens (including phenoxy) is 2. The van der Waals surface area contributed by atoms with E-state index in [1.165, 1.54) is 20.0 Å². The molecule has 2 aliphatic rings. The second-order valence-electron chi connectivity index (χ2n) is 6.33. The van der Waals surface area contributed by atoms with Crippen molar-refractivity contribution < 1.29 is 14.3 Å². The molecule has 2 fully saturated rings. The molecule has 1 unspecified atom stereocenters. The number of nitrogens with zero attached hydrogens (tertiary/aromatic N) is 2. The molecule has 2 rings (SSSR count). The third-order valence-corrected chi connectivity index (χ3v) is 4.70. The second-order valence-corrected chi connectivity index (χ2v) is 6.33. The van der Waals surface area contributed by atoms with Crippen molar-refractivity contribution in [2.75, 3.05) is 47.0 Å². The number of guanidine groups is 1. The van der Waals surface area contributed by atoms with Gasteiger partial charge in [0.05, 0.1) is 13.7 Å².